The lowest BCUT2D eigenvalue weighted by atomic mass is 10.0. The van der Waals surface area contributed by atoms with Crippen molar-refractivity contribution in [2.45, 2.75) is 32.8 Å². The van der Waals surface area contributed by atoms with Gasteiger partial charge in [-0.05, 0) is 25.5 Å². The van der Waals surface area contributed by atoms with Crippen LogP contribution in [0, 0.1) is 17.5 Å². The van der Waals surface area contributed by atoms with Crippen LogP contribution in [0.15, 0.2) is 17.7 Å². The second-order valence-corrected chi connectivity index (χ2v) is 4.46. The first kappa shape index (κ1) is 16.0. The Balaban J connectivity index is 2.83. The Bertz CT molecular complexity index is 561. The lowest BCUT2D eigenvalue weighted by Gasteiger charge is -2.09. The normalized spacial score (nSPS) is 10.3. The molecular weight excluding hydrogens is 273 g/mol. The average molecular weight is 286 g/mol. The summed E-state index contributed by atoms with van der Waals surface area (Å²) in [6, 6.07) is 1.04. The molecule has 6 heteroatoms. The number of hydrogen-bond donors (Lipinski definition) is 0. The zero-order valence-electron chi connectivity index (χ0n) is 11.0. The molecule has 0 amide bonds. The summed E-state index contributed by atoms with van der Waals surface area (Å²) < 4.78 is 44.0. The van der Waals surface area contributed by atoms with E-state index in [1.54, 1.807) is 13.8 Å². The molecule has 0 heterocycles. The molecular formula is C14H13F3O3. The number of carbonyl (C=O) groups is 1. The van der Waals surface area contributed by atoms with Crippen molar-refractivity contribution < 1.29 is 27.5 Å². The van der Waals surface area contributed by atoms with Gasteiger partial charge in [0.25, 0.3) is 0 Å². The second kappa shape index (κ2) is 6.91. The summed E-state index contributed by atoms with van der Waals surface area (Å²) >= 11 is 0. The zero-order valence-corrected chi connectivity index (χ0v) is 11.0. The van der Waals surface area contributed by atoms with Crippen molar-refractivity contribution in [3.8, 4) is 0 Å². The van der Waals surface area contributed by atoms with E-state index in [4.69, 9.17) is 4.74 Å². The number of rotatable bonds is 5. The van der Waals surface area contributed by atoms with Crippen LogP contribution < -0.4 is 0 Å². The van der Waals surface area contributed by atoms with E-state index in [9.17, 15) is 22.8 Å². The molecule has 1 aromatic carbocycles. The van der Waals surface area contributed by atoms with Crippen molar-refractivity contribution in [1.82, 2.24) is 0 Å². The number of hydrogen-bond acceptors (Lipinski definition) is 3. The Morgan fingerprint density at radius 2 is 1.80 bits per heavy atom. The maximum atomic E-state index is 13.4. The summed E-state index contributed by atoms with van der Waals surface area (Å²) in [7, 11) is 0. The van der Waals surface area contributed by atoms with E-state index in [-0.39, 0.29) is 30.1 Å². The van der Waals surface area contributed by atoms with Gasteiger partial charge in [-0.3, -0.25) is 4.79 Å². The highest BCUT2D eigenvalue weighted by atomic mass is 19.2. The molecule has 0 aliphatic carbocycles. The second-order valence-electron chi connectivity index (χ2n) is 4.46. The third kappa shape index (κ3) is 4.55. The first-order valence-electron chi connectivity index (χ1n) is 5.89. The molecule has 0 atom stereocenters. The zero-order chi connectivity index (χ0) is 15.3. The van der Waals surface area contributed by atoms with Gasteiger partial charge in [-0.2, -0.15) is 0 Å². The van der Waals surface area contributed by atoms with E-state index < -0.39 is 23.4 Å². The molecule has 0 saturated carbocycles. The van der Waals surface area contributed by atoms with Gasteiger partial charge >= 0.3 is 5.97 Å². The minimum Gasteiger partial charge on any atom is -0.463 e. The third-order valence-electron chi connectivity index (χ3n) is 2.36. The first-order valence-corrected chi connectivity index (χ1v) is 5.89. The van der Waals surface area contributed by atoms with Gasteiger partial charge in [0.05, 0.1) is 12.5 Å². The molecule has 0 spiro atoms. The average Bonchev–Trinajstić information content (AvgIpc) is 2.33. The van der Waals surface area contributed by atoms with E-state index in [1.165, 1.54) is 5.94 Å². The number of ether oxygens (including phenoxy) is 1. The molecule has 108 valence electrons. The molecule has 0 N–H and O–H groups in total. The summed E-state index contributed by atoms with van der Waals surface area (Å²) in [4.78, 5) is 22.1. The summed E-state index contributed by atoms with van der Waals surface area (Å²) in [5, 5.41) is 0. The van der Waals surface area contributed by atoms with Crippen molar-refractivity contribution in [2.75, 3.05) is 0 Å². The van der Waals surface area contributed by atoms with Crippen LogP contribution in [0.25, 0.3) is 0 Å². The molecule has 1 aromatic rings. The van der Waals surface area contributed by atoms with Gasteiger partial charge in [0, 0.05) is 18.1 Å². The molecule has 3 nitrogen and oxygen atoms in total. The van der Waals surface area contributed by atoms with Crippen molar-refractivity contribution in [1.29, 1.82) is 0 Å². The lowest BCUT2D eigenvalue weighted by molar-refractivity contribution is -0.146. The monoisotopic (exact) mass is 286 g/mol. The molecule has 0 bridgehead atoms. The topological polar surface area (TPSA) is 43.4 Å². The van der Waals surface area contributed by atoms with Gasteiger partial charge < -0.3 is 4.74 Å². The number of benzene rings is 1. The van der Waals surface area contributed by atoms with Gasteiger partial charge in [-0.25, -0.2) is 18.0 Å². The third-order valence-corrected chi connectivity index (χ3v) is 2.36. The Kier molecular flexibility index (Phi) is 5.53. The molecule has 0 aliphatic rings. The fraction of sp³-hybridized carbons (Fsp3) is 0.357. The summed E-state index contributed by atoms with van der Waals surface area (Å²) in [5.41, 5.74) is -0.319. The Labute approximate surface area is 114 Å². The summed E-state index contributed by atoms with van der Waals surface area (Å²) in [5.74, 6) is -2.70. The molecule has 0 aromatic heterocycles. The highest BCUT2D eigenvalue weighted by Gasteiger charge is 2.15. The molecule has 0 fully saturated rings. The smallest absolute Gasteiger partial charge is 0.310 e. The van der Waals surface area contributed by atoms with Gasteiger partial charge in [0.1, 0.15) is 11.8 Å². The Morgan fingerprint density at radius 3 is 2.35 bits per heavy atom. The van der Waals surface area contributed by atoms with E-state index in [2.05, 4.69) is 0 Å². The summed E-state index contributed by atoms with van der Waals surface area (Å²) in [6.45, 7) is 3.27. The SMILES string of the molecule is CC(C)OC(=O)CC(=C=O)Cc1cc(F)c(F)cc1F. The minimum absolute atomic E-state index is 0.0967. The van der Waals surface area contributed by atoms with Gasteiger partial charge in [0.15, 0.2) is 11.6 Å². The predicted molar refractivity (Wildman–Crippen MR) is 65.1 cm³/mol. The number of carbonyl (C=O) groups excluding carboxylic acids is 2. The Morgan fingerprint density at radius 1 is 1.20 bits per heavy atom. The quantitative estimate of drug-likeness (QED) is 0.475. The van der Waals surface area contributed by atoms with Crippen LogP contribution in [0.2, 0.25) is 0 Å². The Hall–Kier alpha value is -2.07. The van der Waals surface area contributed by atoms with Crippen molar-refractivity contribution in [3.05, 3.63) is 40.7 Å². The highest BCUT2D eigenvalue weighted by molar-refractivity contribution is 5.76. The molecule has 0 radical (unpaired) electrons. The highest BCUT2D eigenvalue weighted by Crippen LogP contribution is 2.18. The molecule has 0 aliphatic heterocycles. The van der Waals surface area contributed by atoms with Crippen LogP contribution in [0.3, 0.4) is 0 Å². The van der Waals surface area contributed by atoms with Crippen LogP contribution in [-0.2, 0) is 20.7 Å². The maximum Gasteiger partial charge on any atom is 0.310 e. The number of halogens is 3. The van der Waals surface area contributed by atoms with Gasteiger partial charge in [-0.15, -0.1) is 0 Å². The first-order chi connectivity index (χ1) is 9.33. The van der Waals surface area contributed by atoms with Crippen molar-refractivity contribution in [2.24, 2.45) is 0 Å². The molecule has 0 unspecified atom stereocenters. The fourth-order valence-electron chi connectivity index (χ4n) is 1.54. The lowest BCUT2D eigenvalue weighted by Crippen LogP contribution is -2.13. The van der Waals surface area contributed by atoms with Crippen LogP contribution in [0.5, 0.6) is 0 Å². The minimum atomic E-state index is -1.32. The van der Waals surface area contributed by atoms with Crippen LogP contribution >= 0.6 is 0 Å². The van der Waals surface area contributed by atoms with Crippen molar-refractivity contribution >= 4 is 11.9 Å². The van der Waals surface area contributed by atoms with Crippen LogP contribution in [0.1, 0.15) is 25.8 Å². The van der Waals surface area contributed by atoms with E-state index in [1.807, 2.05) is 0 Å². The molecule has 1 rings (SSSR count). The molecule has 20 heavy (non-hydrogen) atoms. The van der Waals surface area contributed by atoms with E-state index in [0.29, 0.717) is 12.1 Å². The largest absolute Gasteiger partial charge is 0.463 e. The summed E-state index contributed by atoms with van der Waals surface area (Å²) in [6.07, 6.45) is -1.06. The van der Waals surface area contributed by atoms with Gasteiger partial charge in [-0.1, -0.05) is 0 Å². The van der Waals surface area contributed by atoms with Gasteiger partial charge in [0.2, 0.25) is 0 Å². The maximum absolute atomic E-state index is 13.4. The van der Waals surface area contributed by atoms with Crippen LogP contribution in [0.4, 0.5) is 13.2 Å². The standard InChI is InChI=1S/C14H13F3O3/c1-8(2)20-14(19)4-9(7-18)3-10-5-12(16)13(17)6-11(10)15/h5-6,8H,3-4H2,1-2H3. The fourth-order valence-corrected chi connectivity index (χ4v) is 1.54. The van der Waals surface area contributed by atoms with Crippen molar-refractivity contribution in [3.63, 3.8) is 0 Å². The predicted octanol–water partition coefficient (Wildman–Crippen LogP) is 2.75. The van der Waals surface area contributed by atoms with Crippen LogP contribution in [-0.4, -0.2) is 18.0 Å². The number of esters is 1. The van der Waals surface area contributed by atoms with E-state index >= 15 is 0 Å². The van der Waals surface area contributed by atoms with E-state index in [0.717, 1.165) is 0 Å². The molecule has 0 saturated heterocycles.